The molecule has 0 saturated carbocycles. The van der Waals surface area contributed by atoms with Gasteiger partial charge in [0, 0.05) is 28.5 Å². The van der Waals surface area contributed by atoms with Crippen LogP contribution < -0.4 is 15.0 Å². The molecule has 1 atom stereocenters. The molecular formula is C20H23BrN6O4S2. The van der Waals surface area contributed by atoms with E-state index in [9.17, 15) is 8.42 Å². The van der Waals surface area contributed by atoms with Crippen LogP contribution in [0.15, 0.2) is 33.0 Å². The Balaban J connectivity index is 1.40. The number of imidazole rings is 1. The van der Waals surface area contributed by atoms with Gasteiger partial charge in [-0.05, 0) is 47.3 Å². The van der Waals surface area contributed by atoms with Crippen molar-refractivity contribution in [3.8, 4) is 11.5 Å². The number of aromatic nitrogens is 4. The SMILES string of the molecule is CS(=O)(=O)N1CCCCC1CCn1cnc(=N)c2[nH]c(Sc3cc4c(cc3Br)OCO4)nc21. The number of nitrogens with zero attached hydrogens (tertiary/aromatic N) is 4. The average Bonchev–Trinajstić information content (AvgIpc) is 3.40. The molecule has 2 N–H and O–H groups in total. The van der Waals surface area contributed by atoms with E-state index in [0.717, 1.165) is 28.6 Å². The van der Waals surface area contributed by atoms with Crippen molar-refractivity contribution >= 4 is 48.9 Å². The van der Waals surface area contributed by atoms with Crippen LogP contribution in [0, 0.1) is 5.41 Å². The summed E-state index contributed by atoms with van der Waals surface area (Å²) in [5, 5.41) is 8.82. The minimum atomic E-state index is -3.24. The van der Waals surface area contributed by atoms with Crippen molar-refractivity contribution in [3.63, 3.8) is 0 Å². The number of aromatic amines is 1. The summed E-state index contributed by atoms with van der Waals surface area (Å²) < 4.78 is 39.6. The molecule has 0 bridgehead atoms. The molecule has 1 fully saturated rings. The second kappa shape index (κ2) is 8.93. The fourth-order valence-corrected chi connectivity index (χ4v) is 6.84. The number of benzene rings is 1. The second-order valence-corrected chi connectivity index (χ2v) is 11.9. The van der Waals surface area contributed by atoms with Crippen molar-refractivity contribution in [1.82, 2.24) is 23.8 Å². The van der Waals surface area contributed by atoms with Crippen LogP contribution in [0.25, 0.3) is 11.2 Å². The van der Waals surface area contributed by atoms with Gasteiger partial charge in [0.05, 0.1) is 12.6 Å². The molecule has 2 aliphatic rings. The average molecular weight is 555 g/mol. The number of rotatable bonds is 6. The van der Waals surface area contributed by atoms with Gasteiger partial charge >= 0.3 is 0 Å². The van der Waals surface area contributed by atoms with Crippen LogP contribution in [0.1, 0.15) is 25.7 Å². The van der Waals surface area contributed by atoms with Crippen molar-refractivity contribution in [2.75, 3.05) is 19.6 Å². The van der Waals surface area contributed by atoms with E-state index in [4.69, 9.17) is 19.9 Å². The fraction of sp³-hybridized carbons (Fsp3) is 0.450. The highest BCUT2D eigenvalue weighted by atomic mass is 79.9. The molecule has 0 aliphatic carbocycles. The van der Waals surface area contributed by atoms with Gasteiger partial charge in [-0.3, -0.25) is 5.41 Å². The largest absolute Gasteiger partial charge is 0.454 e. The van der Waals surface area contributed by atoms with E-state index in [0.29, 0.717) is 47.3 Å². The fourth-order valence-electron chi connectivity index (χ4n) is 4.24. The zero-order chi connectivity index (χ0) is 23.2. The summed E-state index contributed by atoms with van der Waals surface area (Å²) in [7, 11) is -3.24. The molecular weight excluding hydrogens is 532 g/mol. The molecule has 1 aromatic carbocycles. The molecule has 33 heavy (non-hydrogen) atoms. The van der Waals surface area contributed by atoms with Crippen LogP contribution >= 0.6 is 27.7 Å². The lowest BCUT2D eigenvalue weighted by Crippen LogP contribution is -2.43. The molecule has 3 aromatic rings. The highest BCUT2D eigenvalue weighted by Gasteiger charge is 2.29. The molecule has 13 heteroatoms. The van der Waals surface area contributed by atoms with Gasteiger partial charge in [-0.25, -0.2) is 18.4 Å². The molecule has 0 amide bonds. The van der Waals surface area contributed by atoms with Gasteiger partial charge in [0.2, 0.25) is 16.8 Å². The lowest BCUT2D eigenvalue weighted by Gasteiger charge is -2.33. The molecule has 2 aromatic heterocycles. The van der Waals surface area contributed by atoms with Crippen LogP contribution in [-0.2, 0) is 16.6 Å². The first-order valence-electron chi connectivity index (χ1n) is 10.5. The maximum Gasteiger partial charge on any atom is 0.231 e. The van der Waals surface area contributed by atoms with E-state index < -0.39 is 10.0 Å². The van der Waals surface area contributed by atoms with E-state index >= 15 is 0 Å². The van der Waals surface area contributed by atoms with Gasteiger partial charge in [-0.2, -0.15) is 4.31 Å². The molecule has 4 heterocycles. The van der Waals surface area contributed by atoms with Crippen molar-refractivity contribution in [2.45, 2.75) is 48.3 Å². The Labute approximate surface area is 203 Å². The maximum absolute atomic E-state index is 12.2. The standard InChI is InChI=1S/C20H23BrN6O4S2/c1-33(28,29)27-6-3-2-4-12(27)5-7-26-10-23-18(22)17-19(26)25-20(24-17)32-16-9-15-14(8-13(16)21)30-11-31-15/h8-10,12,22H,2-7,11H2,1H3,(H,24,25). The minimum Gasteiger partial charge on any atom is -0.454 e. The van der Waals surface area contributed by atoms with Gasteiger partial charge in [0.25, 0.3) is 0 Å². The molecule has 176 valence electrons. The molecule has 1 saturated heterocycles. The number of fused-ring (bicyclic) bond motifs is 2. The van der Waals surface area contributed by atoms with Crippen LogP contribution in [0.4, 0.5) is 0 Å². The topological polar surface area (TPSA) is 126 Å². The summed E-state index contributed by atoms with van der Waals surface area (Å²) >= 11 is 4.98. The Hall–Kier alpha value is -2.09. The zero-order valence-electron chi connectivity index (χ0n) is 17.9. The van der Waals surface area contributed by atoms with Crippen LogP contribution in [0.2, 0.25) is 0 Å². The number of halogens is 1. The Morgan fingerprint density at radius 3 is 2.88 bits per heavy atom. The van der Waals surface area contributed by atoms with Gasteiger partial charge < -0.3 is 19.0 Å². The van der Waals surface area contributed by atoms with E-state index in [1.807, 2.05) is 16.7 Å². The summed E-state index contributed by atoms with van der Waals surface area (Å²) in [5.41, 5.74) is 1.28. The number of nitrogens with one attached hydrogen (secondary N) is 2. The highest BCUT2D eigenvalue weighted by Crippen LogP contribution is 2.42. The van der Waals surface area contributed by atoms with Crippen molar-refractivity contribution in [2.24, 2.45) is 0 Å². The quantitative estimate of drug-likeness (QED) is 0.479. The number of piperidine rings is 1. The summed E-state index contributed by atoms with van der Waals surface area (Å²) in [5.74, 6) is 1.37. The van der Waals surface area contributed by atoms with Crippen molar-refractivity contribution in [1.29, 1.82) is 5.41 Å². The number of sulfonamides is 1. The third kappa shape index (κ3) is 4.63. The van der Waals surface area contributed by atoms with E-state index in [2.05, 4.69) is 25.9 Å². The lowest BCUT2D eigenvalue weighted by molar-refractivity contribution is 0.174. The van der Waals surface area contributed by atoms with Crippen molar-refractivity contribution in [3.05, 3.63) is 28.4 Å². The van der Waals surface area contributed by atoms with Crippen LogP contribution in [0.5, 0.6) is 11.5 Å². The third-order valence-electron chi connectivity index (χ3n) is 5.83. The Kier molecular flexibility index (Phi) is 6.14. The van der Waals surface area contributed by atoms with Gasteiger partial charge in [-0.1, -0.05) is 18.2 Å². The molecule has 0 radical (unpaired) electrons. The monoisotopic (exact) mass is 554 g/mol. The predicted octanol–water partition coefficient (Wildman–Crippen LogP) is 3.09. The summed E-state index contributed by atoms with van der Waals surface area (Å²) in [6.07, 6.45) is 6.30. The van der Waals surface area contributed by atoms with E-state index in [1.54, 1.807) is 10.6 Å². The second-order valence-electron chi connectivity index (χ2n) is 8.08. The van der Waals surface area contributed by atoms with Crippen LogP contribution in [-0.4, -0.2) is 57.9 Å². The number of hydrogen-bond donors (Lipinski definition) is 2. The van der Waals surface area contributed by atoms with Gasteiger partial charge in [-0.15, -0.1) is 0 Å². The number of ether oxygens (including phenoxy) is 2. The number of hydrogen-bond acceptors (Lipinski definition) is 8. The summed E-state index contributed by atoms with van der Waals surface area (Å²) in [6, 6.07) is 3.72. The maximum atomic E-state index is 12.2. The molecule has 0 spiro atoms. The van der Waals surface area contributed by atoms with Crippen molar-refractivity contribution < 1.29 is 17.9 Å². The van der Waals surface area contributed by atoms with Gasteiger partial charge in [0.15, 0.2) is 27.8 Å². The van der Waals surface area contributed by atoms with E-state index in [1.165, 1.54) is 18.0 Å². The van der Waals surface area contributed by atoms with Gasteiger partial charge in [0.1, 0.15) is 5.52 Å². The van der Waals surface area contributed by atoms with Crippen LogP contribution in [0.3, 0.4) is 0 Å². The first-order chi connectivity index (χ1) is 15.8. The Bertz CT molecular complexity index is 1370. The minimum absolute atomic E-state index is 0.0376. The third-order valence-corrected chi connectivity index (χ3v) is 9.03. The number of H-pyrrole nitrogens is 1. The summed E-state index contributed by atoms with van der Waals surface area (Å²) in [4.78, 5) is 13.0. The smallest absolute Gasteiger partial charge is 0.231 e. The predicted molar refractivity (Wildman–Crippen MR) is 126 cm³/mol. The van der Waals surface area contributed by atoms with E-state index in [-0.39, 0.29) is 18.3 Å². The molecule has 10 nitrogen and oxygen atoms in total. The Morgan fingerprint density at radius 2 is 2.09 bits per heavy atom. The lowest BCUT2D eigenvalue weighted by atomic mass is 10.0. The summed E-state index contributed by atoms with van der Waals surface area (Å²) in [6.45, 7) is 1.33. The molecule has 1 unspecified atom stereocenters. The Morgan fingerprint density at radius 1 is 1.30 bits per heavy atom. The molecule has 5 rings (SSSR count). The highest BCUT2D eigenvalue weighted by molar-refractivity contribution is 9.10. The first-order valence-corrected chi connectivity index (χ1v) is 14.0. The first kappa shape index (κ1) is 22.7. The number of aryl methyl sites for hydroxylation is 1. The zero-order valence-corrected chi connectivity index (χ0v) is 21.1. The molecule has 2 aliphatic heterocycles. The normalized spacial score (nSPS) is 18.8.